The number of carbonyl (C=O) groups is 3. The maximum atomic E-state index is 11.8. The van der Waals surface area contributed by atoms with Crippen LogP contribution in [0.3, 0.4) is 0 Å². The number of pyridine rings is 2. The molecular formula is C21H22N2O7S. The molecule has 10 heteroatoms. The van der Waals surface area contributed by atoms with Crippen LogP contribution in [0.5, 0.6) is 5.88 Å². The van der Waals surface area contributed by atoms with Crippen molar-refractivity contribution in [2.24, 2.45) is 0 Å². The molecule has 1 aliphatic heterocycles. The number of thioether (sulfide) groups is 1. The lowest BCUT2D eigenvalue weighted by molar-refractivity contribution is -0.186. The van der Waals surface area contributed by atoms with Crippen LogP contribution in [0, 0.1) is 0 Å². The quantitative estimate of drug-likeness (QED) is 0.484. The summed E-state index contributed by atoms with van der Waals surface area (Å²) in [6.45, 7) is 3.73. The van der Waals surface area contributed by atoms with Gasteiger partial charge in [-0.2, -0.15) is 0 Å². The van der Waals surface area contributed by atoms with Crippen LogP contribution in [-0.2, 0) is 28.6 Å². The third kappa shape index (κ3) is 6.17. The summed E-state index contributed by atoms with van der Waals surface area (Å²) in [5.41, 5.74) is 0.806. The van der Waals surface area contributed by atoms with Gasteiger partial charge in [-0.15, -0.1) is 11.8 Å². The number of esters is 3. The highest BCUT2D eigenvalue weighted by molar-refractivity contribution is 7.99. The predicted octanol–water partition coefficient (Wildman–Crippen LogP) is 2.39. The minimum absolute atomic E-state index is 0.282. The molecule has 0 spiro atoms. The molecule has 2 aromatic rings. The van der Waals surface area contributed by atoms with E-state index in [1.165, 1.54) is 32.5 Å². The fourth-order valence-electron chi connectivity index (χ4n) is 3.09. The van der Waals surface area contributed by atoms with Gasteiger partial charge < -0.3 is 18.9 Å². The van der Waals surface area contributed by atoms with E-state index in [0.717, 1.165) is 5.56 Å². The van der Waals surface area contributed by atoms with Crippen molar-refractivity contribution in [1.29, 1.82) is 0 Å². The van der Waals surface area contributed by atoms with Gasteiger partial charge in [-0.3, -0.25) is 19.4 Å². The Kier molecular flexibility index (Phi) is 7.45. The molecule has 4 atom stereocenters. The zero-order valence-corrected chi connectivity index (χ0v) is 18.0. The maximum Gasteiger partial charge on any atom is 0.303 e. The first kappa shape index (κ1) is 22.5. The van der Waals surface area contributed by atoms with E-state index in [1.807, 2.05) is 18.2 Å². The Morgan fingerprint density at radius 2 is 1.55 bits per heavy atom. The Morgan fingerprint density at radius 3 is 2.19 bits per heavy atom. The fourth-order valence-corrected chi connectivity index (χ4v) is 4.30. The number of nitrogens with zero attached hydrogens (tertiary/aromatic N) is 2. The fraction of sp³-hybridized carbons (Fsp3) is 0.381. The molecule has 2 aromatic heterocycles. The van der Waals surface area contributed by atoms with Gasteiger partial charge in [-0.1, -0.05) is 6.07 Å². The van der Waals surface area contributed by atoms with Gasteiger partial charge in [0.1, 0.15) is 0 Å². The van der Waals surface area contributed by atoms with Crippen LogP contribution in [0.1, 0.15) is 20.8 Å². The van der Waals surface area contributed by atoms with Crippen molar-refractivity contribution in [3.8, 4) is 17.1 Å². The monoisotopic (exact) mass is 446 g/mol. The van der Waals surface area contributed by atoms with Crippen LogP contribution >= 0.6 is 11.8 Å². The molecule has 1 fully saturated rings. The van der Waals surface area contributed by atoms with Gasteiger partial charge in [-0.05, 0) is 18.2 Å². The molecule has 0 saturated carbocycles. The first-order chi connectivity index (χ1) is 14.8. The lowest BCUT2D eigenvalue weighted by atomic mass is 10.1. The molecule has 1 saturated heterocycles. The van der Waals surface area contributed by atoms with Gasteiger partial charge >= 0.3 is 17.9 Å². The summed E-state index contributed by atoms with van der Waals surface area (Å²) in [6.07, 6.45) is 0.524. The molecular weight excluding hydrogens is 424 g/mol. The van der Waals surface area contributed by atoms with Gasteiger partial charge in [0, 0.05) is 50.5 Å². The minimum Gasteiger partial charge on any atom is -0.459 e. The molecule has 3 heterocycles. The van der Waals surface area contributed by atoms with Crippen molar-refractivity contribution in [2.75, 3.05) is 5.75 Å². The summed E-state index contributed by atoms with van der Waals surface area (Å²) in [6, 6.07) is 8.94. The van der Waals surface area contributed by atoms with Crippen molar-refractivity contribution in [3.05, 3.63) is 42.7 Å². The Bertz CT molecular complexity index is 940. The normalized spacial score (nSPS) is 22.8. The summed E-state index contributed by atoms with van der Waals surface area (Å²) in [5, 5.41) is 0. The molecule has 0 amide bonds. The van der Waals surface area contributed by atoms with E-state index in [2.05, 4.69) is 9.97 Å². The topological polar surface area (TPSA) is 114 Å². The van der Waals surface area contributed by atoms with E-state index >= 15 is 0 Å². The number of ether oxygens (including phenoxy) is 4. The summed E-state index contributed by atoms with van der Waals surface area (Å²) < 4.78 is 22.1. The molecule has 9 nitrogen and oxygen atoms in total. The minimum atomic E-state index is -1.01. The maximum absolute atomic E-state index is 11.8. The highest BCUT2D eigenvalue weighted by atomic mass is 32.2. The Morgan fingerprint density at radius 1 is 0.903 bits per heavy atom. The van der Waals surface area contributed by atoms with Crippen LogP contribution in [0.25, 0.3) is 11.3 Å². The van der Waals surface area contributed by atoms with Crippen molar-refractivity contribution in [3.63, 3.8) is 0 Å². The van der Waals surface area contributed by atoms with Crippen LogP contribution < -0.4 is 4.74 Å². The third-order valence-electron chi connectivity index (χ3n) is 4.24. The first-order valence-electron chi connectivity index (χ1n) is 9.51. The number of carbonyl (C=O) groups excluding carboxylic acids is 3. The summed E-state index contributed by atoms with van der Waals surface area (Å²) in [5.74, 6) is -1.13. The van der Waals surface area contributed by atoms with Crippen LogP contribution in [0.15, 0.2) is 42.7 Å². The largest absolute Gasteiger partial charge is 0.459 e. The highest BCUT2D eigenvalue weighted by Gasteiger charge is 2.47. The zero-order chi connectivity index (χ0) is 22.4. The lowest BCUT2D eigenvalue weighted by Crippen LogP contribution is -2.55. The molecule has 31 heavy (non-hydrogen) atoms. The van der Waals surface area contributed by atoms with E-state index in [-0.39, 0.29) is 5.75 Å². The smallest absolute Gasteiger partial charge is 0.303 e. The molecule has 1 aliphatic rings. The van der Waals surface area contributed by atoms with E-state index in [1.54, 1.807) is 24.5 Å². The van der Waals surface area contributed by atoms with Gasteiger partial charge in [0.25, 0.3) is 0 Å². The summed E-state index contributed by atoms with van der Waals surface area (Å²) in [4.78, 5) is 43.4. The van der Waals surface area contributed by atoms with E-state index in [0.29, 0.717) is 11.6 Å². The van der Waals surface area contributed by atoms with Crippen molar-refractivity contribution in [1.82, 2.24) is 9.97 Å². The van der Waals surface area contributed by atoms with Crippen LogP contribution in [0.2, 0.25) is 0 Å². The van der Waals surface area contributed by atoms with Gasteiger partial charge in [-0.25, -0.2) is 4.98 Å². The Hall–Kier alpha value is -3.14. The van der Waals surface area contributed by atoms with Gasteiger partial charge in [0.2, 0.25) is 5.88 Å². The van der Waals surface area contributed by atoms with E-state index in [4.69, 9.17) is 18.9 Å². The average molecular weight is 446 g/mol. The van der Waals surface area contributed by atoms with E-state index in [9.17, 15) is 14.4 Å². The summed E-state index contributed by atoms with van der Waals surface area (Å²) >= 11 is 1.27. The molecule has 3 rings (SSSR count). The number of hydrogen-bond acceptors (Lipinski definition) is 10. The second kappa shape index (κ2) is 10.3. The number of aromatic nitrogens is 2. The first-order valence-corrected chi connectivity index (χ1v) is 10.6. The number of hydrogen-bond donors (Lipinski definition) is 0. The SMILES string of the molecule is CC(=O)O[C@H]1[C@H](OC(C)=O)CSC(Oc2cccc(-c3ccncc3)n2)[C@@H]1OC(C)=O. The molecule has 0 aliphatic carbocycles. The van der Waals surface area contributed by atoms with Crippen molar-refractivity contribution < 1.29 is 33.3 Å². The average Bonchev–Trinajstić information content (AvgIpc) is 2.72. The second-order valence-electron chi connectivity index (χ2n) is 6.71. The lowest BCUT2D eigenvalue weighted by Gasteiger charge is -2.39. The number of rotatable bonds is 6. The van der Waals surface area contributed by atoms with E-state index < -0.39 is 41.7 Å². The highest BCUT2D eigenvalue weighted by Crippen LogP contribution is 2.34. The second-order valence-corrected chi connectivity index (χ2v) is 7.84. The van der Waals surface area contributed by atoms with Crippen LogP contribution in [0.4, 0.5) is 0 Å². The van der Waals surface area contributed by atoms with Crippen LogP contribution in [-0.4, -0.2) is 57.4 Å². The molecule has 0 bridgehead atoms. The predicted molar refractivity (Wildman–Crippen MR) is 111 cm³/mol. The molecule has 0 N–H and O–H groups in total. The molecule has 164 valence electrons. The summed E-state index contributed by atoms with van der Waals surface area (Å²) in [7, 11) is 0. The Balaban J connectivity index is 1.86. The van der Waals surface area contributed by atoms with Crippen molar-refractivity contribution in [2.45, 2.75) is 44.5 Å². The molecule has 0 aromatic carbocycles. The van der Waals surface area contributed by atoms with Gasteiger partial charge in [0.05, 0.1) is 5.69 Å². The Labute approximate surface area is 183 Å². The molecule has 0 radical (unpaired) electrons. The standard InChI is InChI=1S/C21H22N2O7S/c1-12(24)27-17-11-31-21(20(29-14(3)26)19(17)28-13(2)25)30-18-6-4-5-16(23-18)15-7-9-22-10-8-15/h4-10,17,19-21H,11H2,1-3H3/t17-,19+,20-,21?/m1/s1. The molecule has 1 unspecified atom stereocenters. The van der Waals surface area contributed by atoms with Crippen molar-refractivity contribution >= 4 is 29.7 Å². The zero-order valence-electron chi connectivity index (χ0n) is 17.2. The van der Waals surface area contributed by atoms with Gasteiger partial charge in [0.15, 0.2) is 23.7 Å². The third-order valence-corrected chi connectivity index (χ3v) is 5.46.